The first-order valence-electron chi connectivity index (χ1n) is 9.39. The Labute approximate surface area is 160 Å². The van der Waals surface area contributed by atoms with Gasteiger partial charge in [-0.15, -0.1) is 12.4 Å². The number of rotatable bonds is 5. The van der Waals surface area contributed by atoms with Gasteiger partial charge in [0.25, 0.3) is 0 Å². The molecule has 0 unspecified atom stereocenters. The monoisotopic (exact) mass is 374 g/mol. The third kappa shape index (κ3) is 3.79. The molecule has 0 saturated heterocycles. The zero-order valence-electron chi connectivity index (χ0n) is 15.0. The highest BCUT2D eigenvalue weighted by molar-refractivity contribution is 5.85. The molecule has 1 fully saturated rings. The summed E-state index contributed by atoms with van der Waals surface area (Å²) in [7, 11) is 0. The predicted molar refractivity (Wildman–Crippen MR) is 105 cm³/mol. The Balaban J connectivity index is 0.00000196. The molecule has 1 amide bonds. The number of nitrogens with zero attached hydrogens (tertiary/aromatic N) is 2. The lowest BCUT2D eigenvalue weighted by molar-refractivity contribution is -0.122. The minimum absolute atomic E-state index is 0. The van der Waals surface area contributed by atoms with E-state index in [1.807, 2.05) is 18.2 Å². The van der Waals surface area contributed by atoms with E-state index in [9.17, 15) is 4.79 Å². The van der Waals surface area contributed by atoms with Crippen LogP contribution in [-0.4, -0.2) is 21.7 Å². The van der Waals surface area contributed by atoms with Crippen LogP contribution in [0.25, 0.3) is 5.69 Å². The highest BCUT2D eigenvalue weighted by atomic mass is 35.5. The number of hydrogen-bond donors (Lipinski definition) is 2. The van der Waals surface area contributed by atoms with Crippen LogP contribution in [0.15, 0.2) is 30.3 Å². The molecular formula is C20H27ClN4O. The fraction of sp³-hybridized carbons (Fsp3) is 0.500. The van der Waals surface area contributed by atoms with E-state index in [2.05, 4.69) is 22.1 Å². The van der Waals surface area contributed by atoms with Gasteiger partial charge >= 0.3 is 0 Å². The number of para-hydroxylation sites is 1. The van der Waals surface area contributed by atoms with Gasteiger partial charge < -0.3 is 11.1 Å². The van der Waals surface area contributed by atoms with Crippen molar-refractivity contribution in [3.8, 4) is 5.69 Å². The van der Waals surface area contributed by atoms with Crippen LogP contribution in [0.1, 0.15) is 49.1 Å². The molecule has 6 heteroatoms. The van der Waals surface area contributed by atoms with Crippen LogP contribution in [0.5, 0.6) is 0 Å². The minimum atomic E-state index is 0. The van der Waals surface area contributed by atoms with Gasteiger partial charge in [0.15, 0.2) is 0 Å². The molecule has 1 aromatic carbocycles. The molecule has 0 radical (unpaired) electrons. The predicted octanol–water partition coefficient (Wildman–Crippen LogP) is 2.92. The van der Waals surface area contributed by atoms with E-state index in [-0.39, 0.29) is 24.4 Å². The molecule has 2 atom stereocenters. The molecule has 5 nitrogen and oxygen atoms in total. The molecule has 26 heavy (non-hydrogen) atoms. The van der Waals surface area contributed by atoms with E-state index in [0.29, 0.717) is 18.9 Å². The lowest BCUT2D eigenvalue weighted by Crippen LogP contribution is -2.31. The van der Waals surface area contributed by atoms with Gasteiger partial charge in [-0.05, 0) is 55.7 Å². The molecule has 0 bridgehead atoms. The zero-order chi connectivity index (χ0) is 17.2. The maximum atomic E-state index is 12.3. The maximum absolute atomic E-state index is 12.3. The Morgan fingerprint density at radius 2 is 2.00 bits per heavy atom. The van der Waals surface area contributed by atoms with Crippen LogP contribution < -0.4 is 11.1 Å². The fourth-order valence-corrected chi connectivity index (χ4v) is 4.25. The summed E-state index contributed by atoms with van der Waals surface area (Å²) >= 11 is 0. The molecule has 0 spiro atoms. The summed E-state index contributed by atoms with van der Waals surface area (Å²) < 4.78 is 2.05. The topological polar surface area (TPSA) is 72.9 Å². The van der Waals surface area contributed by atoms with Gasteiger partial charge in [0.2, 0.25) is 5.91 Å². The van der Waals surface area contributed by atoms with Crippen LogP contribution in [0.2, 0.25) is 0 Å². The number of benzene rings is 1. The second kappa shape index (κ2) is 8.23. The number of nitrogens with two attached hydrogens (primary N) is 1. The van der Waals surface area contributed by atoms with E-state index in [0.717, 1.165) is 49.9 Å². The van der Waals surface area contributed by atoms with Crippen LogP contribution in [-0.2, 0) is 24.2 Å². The quantitative estimate of drug-likeness (QED) is 0.845. The number of amides is 1. The number of carbonyl (C=O) groups excluding carboxylic acids is 1. The Morgan fingerprint density at radius 1 is 1.19 bits per heavy atom. The van der Waals surface area contributed by atoms with E-state index in [1.165, 1.54) is 11.3 Å². The van der Waals surface area contributed by atoms with Crippen molar-refractivity contribution in [1.29, 1.82) is 0 Å². The number of fused-ring (bicyclic) bond motifs is 1. The standard InChI is InChI=1S/C20H26N4O.ClH/c21-17-10-4-6-14(17)12-20(25)22-13-18-16-9-5-11-19(16)24(23-18)15-7-2-1-3-8-15;/h1-3,7-8,14,17H,4-6,9-13,21H2,(H,22,25);1H/t14-,17+;/m0./s1. The number of hydrogen-bond acceptors (Lipinski definition) is 3. The normalized spacial score (nSPS) is 21.3. The first-order valence-corrected chi connectivity index (χ1v) is 9.39. The van der Waals surface area contributed by atoms with Crippen LogP contribution in [0, 0.1) is 5.92 Å². The molecule has 1 aromatic heterocycles. The molecule has 140 valence electrons. The summed E-state index contributed by atoms with van der Waals surface area (Å²) in [6.07, 6.45) is 7.09. The number of nitrogens with one attached hydrogen (secondary N) is 1. The molecule has 0 aliphatic heterocycles. The molecule has 1 heterocycles. The molecule has 1 saturated carbocycles. The number of halogens is 1. The van der Waals surface area contributed by atoms with Gasteiger partial charge in [-0.3, -0.25) is 4.79 Å². The summed E-state index contributed by atoms with van der Waals surface area (Å²) in [6, 6.07) is 10.4. The van der Waals surface area contributed by atoms with Gasteiger partial charge in [-0.25, -0.2) is 4.68 Å². The van der Waals surface area contributed by atoms with Gasteiger partial charge in [0, 0.05) is 18.2 Å². The van der Waals surface area contributed by atoms with E-state index in [4.69, 9.17) is 10.8 Å². The van der Waals surface area contributed by atoms with E-state index >= 15 is 0 Å². The van der Waals surface area contributed by atoms with Gasteiger partial charge in [-0.1, -0.05) is 24.6 Å². The SMILES string of the molecule is Cl.N[C@@H]1CCC[C@H]1CC(=O)NCc1nn(-c2ccccc2)c2c1CCC2. The summed E-state index contributed by atoms with van der Waals surface area (Å²) in [6.45, 7) is 0.517. The summed E-state index contributed by atoms with van der Waals surface area (Å²) in [4.78, 5) is 12.3. The molecule has 3 N–H and O–H groups in total. The van der Waals surface area contributed by atoms with Gasteiger partial charge in [0.1, 0.15) is 0 Å². The first-order chi connectivity index (χ1) is 12.2. The molecule has 2 aromatic rings. The van der Waals surface area contributed by atoms with Crippen LogP contribution in [0.4, 0.5) is 0 Å². The van der Waals surface area contributed by atoms with E-state index < -0.39 is 0 Å². The number of carbonyl (C=O) groups is 1. The Morgan fingerprint density at radius 3 is 2.73 bits per heavy atom. The second-order valence-electron chi connectivity index (χ2n) is 7.31. The van der Waals surface area contributed by atoms with Gasteiger partial charge in [-0.2, -0.15) is 5.10 Å². The summed E-state index contributed by atoms with van der Waals surface area (Å²) in [5.74, 6) is 0.441. The van der Waals surface area contributed by atoms with Crippen molar-refractivity contribution in [3.63, 3.8) is 0 Å². The van der Waals surface area contributed by atoms with Crippen molar-refractivity contribution in [1.82, 2.24) is 15.1 Å². The third-order valence-electron chi connectivity index (χ3n) is 5.63. The average molecular weight is 375 g/mol. The smallest absolute Gasteiger partial charge is 0.220 e. The van der Waals surface area contributed by atoms with Crippen molar-refractivity contribution >= 4 is 18.3 Å². The Bertz CT molecular complexity index is 759. The molecule has 2 aliphatic carbocycles. The van der Waals surface area contributed by atoms with E-state index in [1.54, 1.807) is 0 Å². The van der Waals surface area contributed by atoms with Crippen molar-refractivity contribution < 1.29 is 4.79 Å². The maximum Gasteiger partial charge on any atom is 0.220 e. The second-order valence-corrected chi connectivity index (χ2v) is 7.31. The average Bonchev–Trinajstić information content (AvgIpc) is 3.32. The van der Waals surface area contributed by atoms with Crippen LogP contribution >= 0.6 is 12.4 Å². The molecule has 4 rings (SSSR count). The van der Waals surface area contributed by atoms with Crippen molar-refractivity contribution in [2.24, 2.45) is 11.7 Å². The zero-order valence-corrected chi connectivity index (χ0v) is 15.8. The lowest BCUT2D eigenvalue weighted by Gasteiger charge is -2.14. The summed E-state index contributed by atoms with van der Waals surface area (Å²) in [5.41, 5.74) is 10.8. The minimum Gasteiger partial charge on any atom is -0.350 e. The highest BCUT2D eigenvalue weighted by Crippen LogP contribution is 2.28. The fourth-order valence-electron chi connectivity index (χ4n) is 4.25. The first kappa shape index (κ1) is 18.9. The molecule has 2 aliphatic rings. The Kier molecular flexibility index (Phi) is 5.99. The lowest BCUT2D eigenvalue weighted by atomic mass is 10.00. The largest absolute Gasteiger partial charge is 0.350 e. The number of aromatic nitrogens is 2. The van der Waals surface area contributed by atoms with Crippen LogP contribution in [0.3, 0.4) is 0 Å². The van der Waals surface area contributed by atoms with Crippen molar-refractivity contribution in [2.75, 3.05) is 0 Å². The Hall–Kier alpha value is -1.85. The highest BCUT2D eigenvalue weighted by Gasteiger charge is 2.27. The van der Waals surface area contributed by atoms with Crippen molar-refractivity contribution in [3.05, 3.63) is 47.3 Å². The van der Waals surface area contributed by atoms with Crippen molar-refractivity contribution in [2.45, 2.75) is 57.5 Å². The summed E-state index contributed by atoms with van der Waals surface area (Å²) in [5, 5.41) is 7.87. The van der Waals surface area contributed by atoms with Gasteiger partial charge in [0.05, 0.1) is 17.9 Å². The molecular weight excluding hydrogens is 348 g/mol. The third-order valence-corrected chi connectivity index (χ3v) is 5.63.